The van der Waals surface area contributed by atoms with Gasteiger partial charge in [-0.15, -0.1) is 0 Å². The topological polar surface area (TPSA) is 35.5 Å². The van der Waals surface area contributed by atoms with Crippen molar-refractivity contribution in [1.82, 2.24) is 0 Å². The van der Waals surface area contributed by atoms with Gasteiger partial charge in [0.2, 0.25) is 0 Å². The Hall–Kier alpha value is -1.21. The summed E-state index contributed by atoms with van der Waals surface area (Å²) in [5, 5.41) is 0. The van der Waals surface area contributed by atoms with Crippen molar-refractivity contribution in [2.24, 2.45) is 0 Å². The third kappa shape index (κ3) is 4.38. The van der Waals surface area contributed by atoms with Crippen LogP contribution in [-0.2, 0) is 4.74 Å². The first-order chi connectivity index (χ1) is 10.1. The average molecular weight is 414 g/mol. The Balaban J connectivity index is 2.15. The number of halogens is 1. The highest BCUT2D eigenvalue weighted by Gasteiger charge is 2.08. The van der Waals surface area contributed by atoms with E-state index >= 15 is 0 Å². The van der Waals surface area contributed by atoms with Gasteiger partial charge in [0.05, 0.1) is 24.2 Å². The van der Waals surface area contributed by atoms with Crippen molar-refractivity contribution in [3.63, 3.8) is 0 Å². The molecule has 0 N–H and O–H groups in total. The molecule has 0 aliphatic rings. The molecule has 2 aromatic carbocycles. The maximum Gasteiger partial charge on any atom is 0.338 e. The molecule has 0 radical (unpaired) electrons. The summed E-state index contributed by atoms with van der Waals surface area (Å²) in [6.07, 6.45) is 0. The van der Waals surface area contributed by atoms with Crippen LogP contribution >= 0.6 is 34.4 Å². The summed E-state index contributed by atoms with van der Waals surface area (Å²) in [5.41, 5.74) is 0.566. The summed E-state index contributed by atoms with van der Waals surface area (Å²) in [5.74, 6) is 0.558. The standard InChI is InChI=1S/C16H15IO3S/c1-3-20-16(18)11-4-7-13(8-5-11)21-15-9-6-12(17)10-14(15)19-2/h4-10H,3H2,1-2H3. The van der Waals surface area contributed by atoms with E-state index in [4.69, 9.17) is 9.47 Å². The SMILES string of the molecule is CCOC(=O)c1ccc(Sc2ccc(I)cc2OC)cc1. The second kappa shape index (κ2) is 7.70. The van der Waals surface area contributed by atoms with Gasteiger partial charge in [-0.25, -0.2) is 4.79 Å². The first-order valence-electron chi connectivity index (χ1n) is 6.42. The van der Waals surface area contributed by atoms with Crippen LogP contribution in [0.15, 0.2) is 52.3 Å². The molecule has 21 heavy (non-hydrogen) atoms. The molecule has 0 spiro atoms. The first kappa shape index (κ1) is 16.2. The lowest BCUT2D eigenvalue weighted by atomic mass is 10.2. The molecule has 5 heteroatoms. The summed E-state index contributed by atoms with van der Waals surface area (Å²) in [6, 6.07) is 13.4. The minimum Gasteiger partial charge on any atom is -0.496 e. The van der Waals surface area contributed by atoms with Gasteiger partial charge in [-0.05, 0) is 72.0 Å². The Morgan fingerprint density at radius 2 is 1.90 bits per heavy atom. The molecule has 110 valence electrons. The molecule has 0 unspecified atom stereocenters. The summed E-state index contributed by atoms with van der Waals surface area (Å²) in [7, 11) is 1.67. The van der Waals surface area contributed by atoms with Gasteiger partial charge in [-0.1, -0.05) is 11.8 Å². The van der Waals surface area contributed by atoms with E-state index in [1.54, 1.807) is 37.9 Å². The zero-order chi connectivity index (χ0) is 15.2. The van der Waals surface area contributed by atoms with Crippen molar-refractivity contribution in [3.05, 3.63) is 51.6 Å². The van der Waals surface area contributed by atoms with E-state index in [9.17, 15) is 4.79 Å². The predicted molar refractivity (Wildman–Crippen MR) is 92.2 cm³/mol. The quantitative estimate of drug-likeness (QED) is 0.528. The van der Waals surface area contributed by atoms with Gasteiger partial charge >= 0.3 is 5.97 Å². The van der Waals surface area contributed by atoms with Crippen LogP contribution in [0.1, 0.15) is 17.3 Å². The minimum atomic E-state index is -0.291. The van der Waals surface area contributed by atoms with Crippen molar-refractivity contribution in [1.29, 1.82) is 0 Å². The maximum atomic E-state index is 11.6. The molecule has 0 aromatic heterocycles. The van der Waals surface area contributed by atoms with Crippen LogP contribution in [0.25, 0.3) is 0 Å². The normalized spacial score (nSPS) is 10.2. The fourth-order valence-corrected chi connectivity index (χ4v) is 3.09. The fraction of sp³-hybridized carbons (Fsp3) is 0.188. The van der Waals surface area contributed by atoms with Crippen LogP contribution in [0.2, 0.25) is 0 Å². The molecule has 0 fully saturated rings. The second-order valence-electron chi connectivity index (χ2n) is 4.14. The fourth-order valence-electron chi connectivity index (χ4n) is 1.73. The maximum absolute atomic E-state index is 11.6. The molecular weight excluding hydrogens is 399 g/mol. The Bertz CT molecular complexity index is 626. The minimum absolute atomic E-state index is 0.291. The second-order valence-corrected chi connectivity index (χ2v) is 6.50. The lowest BCUT2D eigenvalue weighted by molar-refractivity contribution is 0.0526. The van der Waals surface area contributed by atoms with Crippen LogP contribution in [0.4, 0.5) is 0 Å². The summed E-state index contributed by atoms with van der Waals surface area (Å²) in [6.45, 7) is 2.18. The van der Waals surface area contributed by atoms with Gasteiger partial charge in [0.1, 0.15) is 5.75 Å². The molecule has 0 aliphatic heterocycles. The van der Waals surface area contributed by atoms with Crippen molar-refractivity contribution >= 4 is 40.3 Å². The van der Waals surface area contributed by atoms with Gasteiger partial charge < -0.3 is 9.47 Å². The van der Waals surface area contributed by atoms with Crippen LogP contribution in [0, 0.1) is 3.57 Å². The van der Waals surface area contributed by atoms with E-state index in [2.05, 4.69) is 22.6 Å². The third-order valence-electron chi connectivity index (χ3n) is 2.72. The number of carbonyl (C=O) groups excluding carboxylic acids is 1. The highest BCUT2D eigenvalue weighted by Crippen LogP contribution is 2.35. The number of rotatable bonds is 5. The molecule has 0 aliphatic carbocycles. The Morgan fingerprint density at radius 3 is 2.52 bits per heavy atom. The molecule has 0 heterocycles. The lowest BCUT2D eigenvalue weighted by Gasteiger charge is -2.09. The van der Waals surface area contributed by atoms with Crippen molar-refractivity contribution in [3.8, 4) is 5.75 Å². The van der Waals surface area contributed by atoms with E-state index in [0.29, 0.717) is 12.2 Å². The van der Waals surface area contributed by atoms with Crippen molar-refractivity contribution in [2.45, 2.75) is 16.7 Å². The highest BCUT2D eigenvalue weighted by molar-refractivity contribution is 14.1. The van der Waals surface area contributed by atoms with E-state index in [1.165, 1.54) is 0 Å². The van der Waals surface area contributed by atoms with Crippen LogP contribution in [0.5, 0.6) is 5.75 Å². The Labute approximate surface area is 142 Å². The summed E-state index contributed by atoms with van der Waals surface area (Å²) < 4.78 is 11.5. The van der Waals surface area contributed by atoms with Crippen LogP contribution in [-0.4, -0.2) is 19.7 Å². The average Bonchev–Trinajstić information content (AvgIpc) is 2.50. The lowest BCUT2D eigenvalue weighted by Crippen LogP contribution is -2.03. The van der Waals surface area contributed by atoms with E-state index < -0.39 is 0 Å². The molecular formula is C16H15IO3S. The molecule has 0 saturated heterocycles. The largest absolute Gasteiger partial charge is 0.496 e. The number of hydrogen-bond donors (Lipinski definition) is 0. The first-order valence-corrected chi connectivity index (χ1v) is 8.32. The van der Waals surface area contributed by atoms with E-state index in [-0.39, 0.29) is 5.97 Å². The Kier molecular flexibility index (Phi) is 5.93. The number of benzene rings is 2. The number of carbonyl (C=O) groups is 1. The molecule has 0 amide bonds. The zero-order valence-electron chi connectivity index (χ0n) is 11.8. The highest BCUT2D eigenvalue weighted by atomic mass is 127. The van der Waals surface area contributed by atoms with Gasteiger partial charge in [-0.2, -0.15) is 0 Å². The van der Waals surface area contributed by atoms with Crippen molar-refractivity contribution < 1.29 is 14.3 Å². The van der Waals surface area contributed by atoms with E-state index in [1.807, 2.05) is 30.3 Å². The number of esters is 1. The van der Waals surface area contributed by atoms with E-state index in [0.717, 1.165) is 19.1 Å². The third-order valence-corrected chi connectivity index (χ3v) is 4.45. The molecule has 0 atom stereocenters. The molecule has 2 aromatic rings. The summed E-state index contributed by atoms with van der Waals surface area (Å²) in [4.78, 5) is 13.7. The number of hydrogen-bond acceptors (Lipinski definition) is 4. The monoisotopic (exact) mass is 414 g/mol. The summed E-state index contributed by atoms with van der Waals surface area (Å²) >= 11 is 3.86. The number of ether oxygens (including phenoxy) is 2. The molecule has 0 bridgehead atoms. The molecule has 3 nitrogen and oxygen atoms in total. The van der Waals surface area contributed by atoms with Gasteiger partial charge in [0.25, 0.3) is 0 Å². The Morgan fingerprint density at radius 1 is 1.19 bits per heavy atom. The van der Waals surface area contributed by atoms with Crippen molar-refractivity contribution in [2.75, 3.05) is 13.7 Å². The molecule has 2 rings (SSSR count). The van der Waals surface area contributed by atoms with Crippen LogP contribution < -0.4 is 4.74 Å². The smallest absolute Gasteiger partial charge is 0.338 e. The zero-order valence-corrected chi connectivity index (χ0v) is 14.7. The van der Waals surface area contributed by atoms with Gasteiger partial charge in [0, 0.05) is 8.47 Å². The van der Waals surface area contributed by atoms with Gasteiger partial charge in [-0.3, -0.25) is 0 Å². The van der Waals surface area contributed by atoms with Gasteiger partial charge in [0.15, 0.2) is 0 Å². The predicted octanol–water partition coefficient (Wildman–Crippen LogP) is 4.63. The number of methoxy groups -OCH3 is 1. The van der Waals surface area contributed by atoms with Crippen LogP contribution in [0.3, 0.4) is 0 Å². The molecule has 0 saturated carbocycles.